The molecule has 0 aromatic rings. The molecule has 0 bridgehead atoms. The predicted octanol–water partition coefficient (Wildman–Crippen LogP) is 3.08. The number of esters is 1. The quantitative estimate of drug-likeness (QED) is 0.532. The summed E-state index contributed by atoms with van der Waals surface area (Å²) in [6, 6.07) is 0. The minimum atomic E-state index is -4.32. The number of alkyl halides is 3. The molecule has 88 valence electrons. The van der Waals surface area contributed by atoms with Crippen LogP contribution in [-0.2, 0) is 9.53 Å². The molecule has 0 aliphatic carbocycles. The average Bonchev–Trinajstić information content (AvgIpc) is 1.94. The molecule has 15 heavy (non-hydrogen) atoms. The van der Waals surface area contributed by atoms with Gasteiger partial charge < -0.3 is 4.74 Å². The van der Waals surface area contributed by atoms with Crippen LogP contribution in [0.4, 0.5) is 13.2 Å². The van der Waals surface area contributed by atoms with Gasteiger partial charge in [0, 0.05) is 6.08 Å². The molecule has 0 unspecified atom stereocenters. The summed E-state index contributed by atoms with van der Waals surface area (Å²) in [5.41, 5.74) is -0.692. The Labute approximate surface area is 87.1 Å². The highest BCUT2D eigenvalue weighted by Gasteiger charge is 2.34. The number of carbonyl (C=O) groups is 1. The number of rotatable bonds is 2. The van der Waals surface area contributed by atoms with Gasteiger partial charge in [0.1, 0.15) is 5.60 Å². The lowest BCUT2D eigenvalue weighted by molar-refractivity contribution is -0.156. The van der Waals surface area contributed by atoms with Gasteiger partial charge in [-0.2, -0.15) is 13.2 Å². The third-order valence-electron chi connectivity index (χ3n) is 1.44. The zero-order valence-electron chi connectivity index (χ0n) is 9.18. The van der Waals surface area contributed by atoms with Crippen molar-refractivity contribution >= 4 is 5.97 Å². The molecule has 0 aliphatic rings. The van der Waals surface area contributed by atoms with E-state index in [1.165, 1.54) is 0 Å². The van der Waals surface area contributed by atoms with Gasteiger partial charge in [-0.3, -0.25) is 0 Å². The highest BCUT2D eigenvalue weighted by atomic mass is 19.4. The van der Waals surface area contributed by atoms with Crippen LogP contribution >= 0.6 is 0 Å². The van der Waals surface area contributed by atoms with Gasteiger partial charge in [-0.1, -0.05) is 13.0 Å². The van der Waals surface area contributed by atoms with Crippen molar-refractivity contribution in [3.05, 3.63) is 12.2 Å². The topological polar surface area (TPSA) is 26.3 Å². The third-order valence-corrected chi connectivity index (χ3v) is 1.44. The smallest absolute Gasteiger partial charge is 0.394 e. The van der Waals surface area contributed by atoms with Crippen LogP contribution in [0.3, 0.4) is 0 Å². The van der Waals surface area contributed by atoms with Gasteiger partial charge in [0.25, 0.3) is 0 Å². The molecule has 0 amide bonds. The van der Waals surface area contributed by atoms with Crippen molar-refractivity contribution in [2.24, 2.45) is 5.92 Å². The molecule has 0 radical (unpaired) electrons. The third kappa shape index (κ3) is 6.99. The molecule has 0 rings (SSSR count). The average molecular weight is 224 g/mol. The van der Waals surface area contributed by atoms with Gasteiger partial charge >= 0.3 is 12.1 Å². The van der Waals surface area contributed by atoms with Crippen molar-refractivity contribution in [2.75, 3.05) is 0 Å². The minimum Gasteiger partial charge on any atom is -0.457 e. The normalized spacial score (nSPS) is 15.4. The van der Waals surface area contributed by atoms with Crippen LogP contribution in [0.5, 0.6) is 0 Å². The van der Waals surface area contributed by atoms with Gasteiger partial charge in [0.05, 0.1) is 5.92 Å². The second-order valence-electron chi connectivity index (χ2n) is 4.22. The Hall–Kier alpha value is -1.00. The van der Waals surface area contributed by atoms with Crippen molar-refractivity contribution in [3.63, 3.8) is 0 Å². The molecule has 0 aromatic carbocycles. The lowest BCUT2D eigenvalue weighted by Crippen LogP contribution is -2.23. The van der Waals surface area contributed by atoms with E-state index in [4.69, 9.17) is 4.74 Å². The maximum absolute atomic E-state index is 12.0. The van der Waals surface area contributed by atoms with Gasteiger partial charge in [-0.05, 0) is 20.8 Å². The summed E-state index contributed by atoms with van der Waals surface area (Å²) in [7, 11) is 0. The van der Waals surface area contributed by atoms with Crippen LogP contribution in [0.2, 0.25) is 0 Å². The Bertz CT molecular complexity index is 248. The fourth-order valence-corrected chi connectivity index (χ4v) is 0.668. The Balaban J connectivity index is 4.25. The van der Waals surface area contributed by atoms with Crippen molar-refractivity contribution in [3.8, 4) is 0 Å². The van der Waals surface area contributed by atoms with Crippen molar-refractivity contribution < 1.29 is 22.7 Å². The molecule has 5 heteroatoms. The van der Waals surface area contributed by atoms with E-state index in [0.717, 1.165) is 19.1 Å². The van der Waals surface area contributed by atoms with E-state index in [0.29, 0.717) is 0 Å². The monoisotopic (exact) mass is 224 g/mol. The van der Waals surface area contributed by atoms with Gasteiger partial charge in [-0.15, -0.1) is 0 Å². The summed E-state index contributed by atoms with van der Waals surface area (Å²) in [4.78, 5) is 11.0. The van der Waals surface area contributed by atoms with E-state index in [2.05, 4.69) is 0 Å². The van der Waals surface area contributed by atoms with E-state index in [-0.39, 0.29) is 0 Å². The predicted molar refractivity (Wildman–Crippen MR) is 50.2 cm³/mol. The first-order valence-corrected chi connectivity index (χ1v) is 4.50. The minimum absolute atomic E-state index is 0.692. The summed E-state index contributed by atoms with van der Waals surface area (Å²) in [6.07, 6.45) is -2.73. The van der Waals surface area contributed by atoms with Crippen molar-refractivity contribution in [1.29, 1.82) is 0 Å². The molecule has 2 nitrogen and oxygen atoms in total. The van der Waals surface area contributed by atoms with Crippen molar-refractivity contribution in [2.45, 2.75) is 39.5 Å². The maximum atomic E-state index is 12.0. The maximum Gasteiger partial charge on any atom is 0.394 e. The number of ether oxygens (including phenoxy) is 1. The van der Waals surface area contributed by atoms with Gasteiger partial charge in [-0.25, -0.2) is 4.79 Å². The summed E-state index contributed by atoms with van der Waals surface area (Å²) >= 11 is 0. The van der Waals surface area contributed by atoms with Crippen LogP contribution in [0.15, 0.2) is 12.2 Å². The van der Waals surface area contributed by atoms with E-state index in [9.17, 15) is 18.0 Å². The van der Waals surface area contributed by atoms with Crippen LogP contribution in [0.1, 0.15) is 27.7 Å². The first-order chi connectivity index (χ1) is 6.52. The highest BCUT2D eigenvalue weighted by Crippen LogP contribution is 2.26. The molecule has 0 aliphatic heterocycles. The molecule has 0 aromatic heterocycles. The Kier molecular flexibility index (Phi) is 4.37. The van der Waals surface area contributed by atoms with E-state index >= 15 is 0 Å². The molecular weight excluding hydrogens is 209 g/mol. The van der Waals surface area contributed by atoms with Crippen molar-refractivity contribution in [1.82, 2.24) is 0 Å². The fourth-order valence-electron chi connectivity index (χ4n) is 0.668. The van der Waals surface area contributed by atoms with Gasteiger partial charge in [0.2, 0.25) is 0 Å². The lowest BCUT2D eigenvalue weighted by atomic mass is 10.1. The molecule has 0 heterocycles. The van der Waals surface area contributed by atoms with E-state index < -0.39 is 23.7 Å². The standard InChI is InChI=1S/C10H15F3O2/c1-7(10(11,12)13)5-6-8(14)15-9(2,3)4/h5-7H,1-4H3/b6-5+/t7-/m0/s1. The van der Waals surface area contributed by atoms with Crippen LogP contribution in [-0.4, -0.2) is 17.7 Å². The molecule has 0 saturated carbocycles. The van der Waals surface area contributed by atoms with E-state index in [1.54, 1.807) is 20.8 Å². The molecule has 0 saturated heterocycles. The SMILES string of the molecule is C[C@@H](/C=C/C(=O)OC(C)(C)C)C(F)(F)F. The zero-order valence-corrected chi connectivity index (χ0v) is 9.18. The first kappa shape index (κ1) is 14.0. The number of hydrogen-bond acceptors (Lipinski definition) is 2. The summed E-state index contributed by atoms with van der Waals surface area (Å²) in [5, 5.41) is 0. The molecule has 0 N–H and O–H groups in total. The van der Waals surface area contributed by atoms with Crippen LogP contribution in [0, 0.1) is 5.92 Å². The summed E-state index contributed by atoms with van der Waals surface area (Å²) in [5.74, 6) is -2.41. The summed E-state index contributed by atoms with van der Waals surface area (Å²) in [6.45, 7) is 5.91. The van der Waals surface area contributed by atoms with Crippen LogP contribution < -0.4 is 0 Å². The molecule has 0 spiro atoms. The highest BCUT2D eigenvalue weighted by molar-refractivity contribution is 5.82. The lowest BCUT2D eigenvalue weighted by Gasteiger charge is -2.18. The second-order valence-corrected chi connectivity index (χ2v) is 4.22. The first-order valence-electron chi connectivity index (χ1n) is 4.50. The Morgan fingerprint density at radius 3 is 2.07 bits per heavy atom. The zero-order chi connectivity index (χ0) is 12.3. The molecule has 0 fully saturated rings. The summed E-state index contributed by atoms with van der Waals surface area (Å²) < 4.78 is 40.9. The second kappa shape index (κ2) is 4.68. The number of hydrogen-bond donors (Lipinski definition) is 0. The fraction of sp³-hybridized carbons (Fsp3) is 0.700. The molecule has 1 atom stereocenters. The number of allylic oxidation sites excluding steroid dienone is 1. The number of carbonyl (C=O) groups excluding carboxylic acids is 1. The Morgan fingerprint density at radius 2 is 1.73 bits per heavy atom. The van der Waals surface area contributed by atoms with Crippen LogP contribution in [0.25, 0.3) is 0 Å². The number of halogens is 3. The largest absolute Gasteiger partial charge is 0.457 e. The molecular formula is C10H15F3O2. The van der Waals surface area contributed by atoms with Gasteiger partial charge in [0.15, 0.2) is 0 Å². The Morgan fingerprint density at radius 1 is 1.27 bits per heavy atom. The van der Waals surface area contributed by atoms with E-state index in [1.807, 2.05) is 0 Å².